The summed E-state index contributed by atoms with van der Waals surface area (Å²) in [5.41, 5.74) is 1.16. The Balaban J connectivity index is 1.80. The number of hydrogen-bond acceptors (Lipinski definition) is 3. The monoisotopic (exact) mass is 256 g/mol. The Hall–Kier alpha value is -1.68. The number of carbonyl (C=O) groups is 2. The maximum Gasteiger partial charge on any atom is 0.238 e. The molecule has 1 saturated carbocycles. The van der Waals surface area contributed by atoms with E-state index < -0.39 is 0 Å². The van der Waals surface area contributed by atoms with Crippen molar-refractivity contribution in [2.45, 2.75) is 31.3 Å². The average molecular weight is 256 g/mol. The van der Waals surface area contributed by atoms with E-state index in [1.165, 1.54) is 0 Å². The van der Waals surface area contributed by atoms with Gasteiger partial charge in [0.1, 0.15) is 5.78 Å². The smallest absolute Gasteiger partial charge is 0.238 e. The fraction of sp³-hybridized carbons (Fsp3) is 0.467. The fourth-order valence-electron chi connectivity index (χ4n) is 3.95. The highest BCUT2D eigenvalue weighted by molar-refractivity contribution is 5.88. The van der Waals surface area contributed by atoms with Crippen molar-refractivity contribution in [2.75, 3.05) is 6.54 Å². The van der Waals surface area contributed by atoms with E-state index in [4.69, 9.17) is 0 Å². The second-order valence-electron chi connectivity index (χ2n) is 5.61. The van der Waals surface area contributed by atoms with Crippen LogP contribution >= 0.6 is 0 Å². The molecule has 2 heterocycles. The van der Waals surface area contributed by atoms with Gasteiger partial charge in [0.05, 0.1) is 18.0 Å². The number of nitrogens with zero attached hydrogens (tertiary/aromatic N) is 2. The van der Waals surface area contributed by atoms with Crippen LogP contribution in [0.25, 0.3) is 0 Å². The maximum atomic E-state index is 12.2. The molecule has 0 radical (unpaired) electrons. The molecule has 4 rings (SSSR count). The molecule has 0 aromatic heterocycles. The summed E-state index contributed by atoms with van der Waals surface area (Å²) in [7, 11) is 0. The molecule has 1 aromatic rings. The highest BCUT2D eigenvalue weighted by Crippen LogP contribution is 2.49. The summed E-state index contributed by atoms with van der Waals surface area (Å²) in [4.78, 5) is 24.3. The van der Waals surface area contributed by atoms with Gasteiger partial charge >= 0.3 is 0 Å². The maximum absolute atomic E-state index is 12.2. The van der Waals surface area contributed by atoms with Crippen molar-refractivity contribution in [1.82, 2.24) is 10.0 Å². The van der Waals surface area contributed by atoms with Crippen LogP contribution in [0.2, 0.25) is 0 Å². The number of fused-ring (bicyclic) bond motifs is 3. The number of amides is 1. The Morgan fingerprint density at radius 3 is 2.63 bits per heavy atom. The first-order valence-corrected chi connectivity index (χ1v) is 6.93. The summed E-state index contributed by atoms with van der Waals surface area (Å²) in [5, 5.41) is 4.01. The van der Waals surface area contributed by atoms with Gasteiger partial charge in [-0.25, -0.2) is 5.01 Å². The van der Waals surface area contributed by atoms with E-state index in [0.717, 1.165) is 18.5 Å². The lowest BCUT2D eigenvalue weighted by Gasteiger charge is -2.27. The minimum atomic E-state index is -0.0216. The minimum Gasteiger partial charge on any atom is -0.299 e. The van der Waals surface area contributed by atoms with Gasteiger partial charge in [-0.1, -0.05) is 30.3 Å². The number of rotatable bonds is 1. The zero-order valence-electron chi connectivity index (χ0n) is 10.7. The zero-order chi connectivity index (χ0) is 13.0. The molecule has 1 aromatic carbocycles. The van der Waals surface area contributed by atoms with E-state index in [-0.39, 0.29) is 23.9 Å². The highest BCUT2D eigenvalue weighted by atomic mass is 16.2. The molecule has 1 aliphatic carbocycles. The Labute approximate surface area is 112 Å². The van der Waals surface area contributed by atoms with Gasteiger partial charge in [0.15, 0.2) is 0 Å². The molecule has 3 atom stereocenters. The second-order valence-corrected chi connectivity index (χ2v) is 5.61. The molecule has 2 saturated heterocycles. The SMILES string of the molecule is O=C1CC[C@@H]2[C@H]1[C@@H](c1ccccc1)N1CCC(=O)N21. The van der Waals surface area contributed by atoms with Crippen LogP contribution < -0.4 is 0 Å². The second kappa shape index (κ2) is 3.90. The molecule has 1 amide bonds. The third kappa shape index (κ3) is 1.43. The molecule has 0 N–H and O–H groups in total. The molecule has 3 fully saturated rings. The van der Waals surface area contributed by atoms with Crippen LogP contribution in [0.15, 0.2) is 30.3 Å². The molecular formula is C15H16N2O2. The van der Waals surface area contributed by atoms with Crippen LogP contribution in [0, 0.1) is 5.92 Å². The summed E-state index contributed by atoms with van der Waals surface area (Å²) in [5.74, 6) is 0.482. The van der Waals surface area contributed by atoms with Crippen molar-refractivity contribution >= 4 is 11.7 Å². The van der Waals surface area contributed by atoms with Crippen molar-refractivity contribution in [3.05, 3.63) is 35.9 Å². The molecular weight excluding hydrogens is 240 g/mol. The van der Waals surface area contributed by atoms with Crippen LogP contribution in [0.1, 0.15) is 30.9 Å². The number of ketones is 1. The summed E-state index contributed by atoms with van der Waals surface area (Å²) in [6.07, 6.45) is 2.03. The zero-order valence-corrected chi connectivity index (χ0v) is 10.7. The summed E-state index contributed by atoms with van der Waals surface area (Å²) >= 11 is 0. The lowest BCUT2D eigenvalue weighted by molar-refractivity contribution is -0.138. The molecule has 2 aliphatic heterocycles. The number of benzene rings is 1. The lowest BCUT2D eigenvalue weighted by atomic mass is 9.89. The largest absolute Gasteiger partial charge is 0.299 e. The van der Waals surface area contributed by atoms with E-state index in [0.29, 0.717) is 18.6 Å². The molecule has 0 unspecified atom stereocenters. The summed E-state index contributed by atoms with van der Waals surface area (Å²) < 4.78 is 0. The Kier molecular flexibility index (Phi) is 2.30. The standard InChI is InChI=1S/C15H16N2O2/c18-12-7-6-11-14(12)15(10-4-2-1-3-5-10)16-9-8-13(19)17(11)16/h1-5,11,14-15H,6-9H2/t11-,14-,15-/m1/s1. The van der Waals surface area contributed by atoms with E-state index in [9.17, 15) is 9.59 Å². The summed E-state index contributed by atoms with van der Waals surface area (Å²) in [6, 6.07) is 10.3. The average Bonchev–Trinajstić information content (AvgIpc) is 3.06. The first kappa shape index (κ1) is 11.2. The first-order chi connectivity index (χ1) is 9.27. The van der Waals surface area contributed by atoms with Crippen LogP contribution in [-0.4, -0.2) is 34.3 Å². The van der Waals surface area contributed by atoms with Gasteiger partial charge < -0.3 is 0 Å². The van der Waals surface area contributed by atoms with Crippen LogP contribution in [0.5, 0.6) is 0 Å². The minimum absolute atomic E-state index is 0.0216. The highest BCUT2D eigenvalue weighted by Gasteiger charge is 2.57. The molecule has 4 heteroatoms. The number of carbonyl (C=O) groups excluding carboxylic acids is 2. The predicted molar refractivity (Wildman–Crippen MR) is 68.9 cm³/mol. The number of Topliss-reactive ketones (excluding diaryl/α,β-unsaturated/α-hetero) is 1. The van der Waals surface area contributed by atoms with Gasteiger partial charge in [-0.15, -0.1) is 0 Å². The van der Waals surface area contributed by atoms with Crippen LogP contribution in [-0.2, 0) is 9.59 Å². The molecule has 19 heavy (non-hydrogen) atoms. The Morgan fingerprint density at radius 2 is 1.84 bits per heavy atom. The molecule has 0 bridgehead atoms. The van der Waals surface area contributed by atoms with Gasteiger partial charge in [-0.05, 0) is 12.0 Å². The van der Waals surface area contributed by atoms with Crippen LogP contribution in [0.3, 0.4) is 0 Å². The third-order valence-electron chi connectivity index (χ3n) is 4.68. The van der Waals surface area contributed by atoms with Gasteiger partial charge in [-0.2, -0.15) is 0 Å². The topological polar surface area (TPSA) is 40.6 Å². The molecule has 4 nitrogen and oxygen atoms in total. The van der Waals surface area contributed by atoms with Crippen molar-refractivity contribution < 1.29 is 9.59 Å². The lowest BCUT2D eigenvalue weighted by Crippen LogP contribution is -2.38. The third-order valence-corrected chi connectivity index (χ3v) is 4.68. The van der Waals surface area contributed by atoms with Crippen molar-refractivity contribution in [2.24, 2.45) is 5.92 Å². The quantitative estimate of drug-likeness (QED) is 0.765. The normalized spacial score (nSPS) is 33.9. The van der Waals surface area contributed by atoms with E-state index in [2.05, 4.69) is 17.1 Å². The predicted octanol–water partition coefficient (Wildman–Crippen LogP) is 1.54. The van der Waals surface area contributed by atoms with Crippen molar-refractivity contribution in [1.29, 1.82) is 0 Å². The summed E-state index contributed by atoms with van der Waals surface area (Å²) in [6.45, 7) is 0.749. The molecule has 3 aliphatic rings. The van der Waals surface area contributed by atoms with Gasteiger partial charge in [0, 0.05) is 19.4 Å². The number of hydrogen-bond donors (Lipinski definition) is 0. The van der Waals surface area contributed by atoms with Crippen molar-refractivity contribution in [3.63, 3.8) is 0 Å². The van der Waals surface area contributed by atoms with Gasteiger partial charge in [0.25, 0.3) is 0 Å². The molecule has 0 spiro atoms. The van der Waals surface area contributed by atoms with E-state index >= 15 is 0 Å². The van der Waals surface area contributed by atoms with Gasteiger partial charge in [-0.3, -0.25) is 14.6 Å². The number of hydrazine groups is 1. The molecule has 98 valence electrons. The van der Waals surface area contributed by atoms with Gasteiger partial charge in [0.2, 0.25) is 5.91 Å². The van der Waals surface area contributed by atoms with Crippen molar-refractivity contribution in [3.8, 4) is 0 Å². The van der Waals surface area contributed by atoms with E-state index in [1.54, 1.807) is 0 Å². The van der Waals surface area contributed by atoms with Crippen LogP contribution in [0.4, 0.5) is 0 Å². The Morgan fingerprint density at radius 1 is 1.05 bits per heavy atom. The fourth-order valence-corrected chi connectivity index (χ4v) is 3.95. The van der Waals surface area contributed by atoms with E-state index in [1.807, 2.05) is 23.2 Å². The Bertz CT molecular complexity index is 542. The first-order valence-electron chi connectivity index (χ1n) is 6.93.